The topological polar surface area (TPSA) is 264 Å². The van der Waals surface area contributed by atoms with Gasteiger partial charge in [0.15, 0.2) is 21.4 Å². The van der Waals surface area contributed by atoms with Gasteiger partial charge >= 0.3 is 0 Å². The number of benzene rings is 6. The van der Waals surface area contributed by atoms with Gasteiger partial charge < -0.3 is 13.7 Å². The summed E-state index contributed by atoms with van der Waals surface area (Å²) < 4.78 is 154. The van der Waals surface area contributed by atoms with Gasteiger partial charge in [-0.15, -0.1) is 0 Å². The van der Waals surface area contributed by atoms with Crippen LogP contribution in [0.1, 0.15) is 194 Å². The van der Waals surface area contributed by atoms with E-state index >= 15 is 13.2 Å². The minimum atomic E-state index is -3.86. The van der Waals surface area contributed by atoms with Crippen molar-refractivity contribution in [3.05, 3.63) is 265 Å². The molecule has 0 saturated heterocycles. The molecule has 6 aromatic carbocycles. The molecule has 0 amide bonds. The van der Waals surface area contributed by atoms with E-state index in [1.54, 1.807) is 95.2 Å². The van der Waals surface area contributed by atoms with E-state index in [2.05, 4.69) is 4.72 Å². The number of aliphatic imine (C=N–C) groups is 1. The molecule has 0 fully saturated rings. The number of carbonyl (C=O) groups excluding carboxylic acids is 2. The maximum absolute atomic E-state index is 15.9. The molecule has 620 valence electrons. The normalized spacial score (nSPS) is 13.9. The van der Waals surface area contributed by atoms with Crippen molar-refractivity contribution < 1.29 is 56.4 Å². The fourth-order valence-corrected chi connectivity index (χ4v) is 17.7. The molecule has 0 bridgehead atoms. The average molecular weight is 1740 g/mol. The molecule has 9 aromatic rings. The molecule has 0 aliphatic carbocycles. The standard InChI is InChI=1S/C31H38ClFN2O5S2.C29H33ClFNO5S2.C23H21ClFN3O3S.2CH4/c1-8-14-35(42(39,40)9-2)28-16-24(25(15-27(28)33)30(37)21-10-12-22(32)13-11-21)26-18-34(7)29(36)17-23(26)20(3)19-41(38)31(4,5)6;1-7-39(36,37)17-20-12-23(24(13-26(20)31)28(34)19-8-10-21(30)11-9-19)25-15-32(6)27(33)14-22(25)18(2)16-38(35)29(3,4)5;1-4-32(30,31)27-21-10-17-18(9-20(21)25)23(14-5-7-15(24)8-6-14)26-13(2)16-11-22(29)28(3)12-19(16)17;;/h10-13,15-18,20H,8-9,14,19H2,1-7H3;8-15,18H,7,16-17H2,1-6H3;5-13,27H,4H2,1-3H3;2*1H4/t20-,41-;18-,38-;13-;;/m110../s1. The number of fused-ring (bicyclic) bond motifs is 3. The Bertz CT molecular complexity index is 5790. The Kier molecular flexibility index (Phi) is 32.2. The Morgan fingerprint density at radius 3 is 1.39 bits per heavy atom. The fourth-order valence-electron chi connectivity index (χ4n) is 12.3. The third-order valence-electron chi connectivity index (χ3n) is 19.0. The van der Waals surface area contributed by atoms with Gasteiger partial charge in [-0.25, -0.2) is 38.4 Å². The number of carbonyl (C=O) groups is 2. The largest absolute Gasteiger partial charge is 0.318 e. The Hall–Kier alpha value is -8.41. The summed E-state index contributed by atoms with van der Waals surface area (Å²) in [6, 6.07) is 30.9. The van der Waals surface area contributed by atoms with E-state index in [-0.39, 0.29) is 129 Å². The van der Waals surface area contributed by atoms with Crippen molar-refractivity contribution in [2.24, 2.45) is 26.1 Å². The molecule has 19 nitrogen and oxygen atoms in total. The first-order valence-electron chi connectivity index (χ1n) is 36.2. The molecule has 0 unspecified atom stereocenters. The lowest BCUT2D eigenvalue weighted by atomic mass is 9.88. The molecule has 1 aliphatic heterocycles. The summed E-state index contributed by atoms with van der Waals surface area (Å²) in [6.07, 6.45) is 5.21. The van der Waals surface area contributed by atoms with E-state index in [0.29, 0.717) is 71.7 Å². The van der Waals surface area contributed by atoms with Crippen LogP contribution in [0.3, 0.4) is 0 Å². The zero-order valence-electron chi connectivity index (χ0n) is 65.6. The number of aromatic nitrogens is 3. The zero-order chi connectivity index (χ0) is 84.1. The van der Waals surface area contributed by atoms with Gasteiger partial charge in [0.1, 0.15) is 17.5 Å². The number of pyridine rings is 3. The van der Waals surface area contributed by atoms with Crippen LogP contribution in [0.4, 0.5) is 24.5 Å². The first kappa shape index (κ1) is 95.4. The molecule has 10 rings (SSSR count). The number of nitrogens with one attached hydrogen (secondary N) is 1. The van der Waals surface area contributed by atoms with E-state index < -0.39 is 102 Å². The van der Waals surface area contributed by atoms with E-state index in [0.717, 1.165) is 22.0 Å². The molecule has 3 aromatic heterocycles. The third-order valence-corrected chi connectivity index (χ3v) is 28.8. The van der Waals surface area contributed by atoms with E-state index in [9.17, 15) is 57.6 Å². The Balaban J connectivity index is 0.000000268. The average Bonchev–Trinajstić information content (AvgIpc) is 1.55. The molecule has 30 heteroatoms. The second-order valence-corrected chi connectivity index (χ2v) is 41.9. The van der Waals surface area contributed by atoms with Crippen LogP contribution in [0.2, 0.25) is 15.1 Å². The van der Waals surface area contributed by atoms with E-state index in [1.807, 2.05) is 62.3 Å². The number of anilines is 2. The van der Waals surface area contributed by atoms with Crippen LogP contribution in [-0.4, -0.2) is 109 Å². The van der Waals surface area contributed by atoms with E-state index in [4.69, 9.17) is 39.8 Å². The highest BCUT2D eigenvalue weighted by Crippen LogP contribution is 2.42. The summed E-state index contributed by atoms with van der Waals surface area (Å²) >= 11 is 18.1. The van der Waals surface area contributed by atoms with Crippen molar-refractivity contribution in [2.45, 2.75) is 144 Å². The summed E-state index contributed by atoms with van der Waals surface area (Å²) in [5.41, 5.74) is 5.49. The molecule has 5 atom stereocenters. The van der Waals surface area contributed by atoms with Crippen LogP contribution in [-0.2, 0) is 78.4 Å². The van der Waals surface area contributed by atoms with Gasteiger partial charge in [-0.05, 0) is 211 Å². The van der Waals surface area contributed by atoms with Crippen LogP contribution in [0, 0.1) is 17.5 Å². The summed E-state index contributed by atoms with van der Waals surface area (Å²) in [7, 11) is -8.90. The smallest absolute Gasteiger partial charge is 0.250 e. The molecule has 0 spiro atoms. The number of ketones is 2. The lowest BCUT2D eigenvalue weighted by molar-refractivity contribution is 0.103. The lowest BCUT2D eigenvalue weighted by Gasteiger charge is -2.26. The van der Waals surface area contributed by atoms with Crippen molar-refractivity contribution in [3.8, 4) is 33.4 Å². The van der Waals surface area contributed by atoms with E-state index in [1.165, 1.54) is 101 Å². The van der Waals surface area contributed by atoms with Crippen molar-refractivity contribution in [1.82, 2.24) is 13.7 Å². The second-order valence-electron chi connectivity index (χ2n) is 29.5. The van der Waals surface area contributed by atoms with Crippen LogP contribution in [0.15, 0.2) is 165 Å². The SMILES string of the molecule is C.C.CCCN(c1cc(-c2cn(C)c(=O)cc2[C@H](C)C[S@@](=O)C(C)(C)C)c(C(=O)c2ccc(Cl)cc2)cc1F)S(=O)(=O)CC.CCS(=O)(=O)Cc1cc(-c2cn(C)c(=O)cc2[C@H](C)C[S@@](=O)C(C)(C)C)c(C(=O)c2ccc(Cl)cc2)cc1F.CCS(=O)(=O)Nc1cc2c(cc1F)C(c1ccc(Cl)cc1)=N[C@@H](C)c1cc(=O)n(C)cc1-2. The van der Waals surface area contributed by atoms with Crippen molar-refractivity contribution in [2.75, 3.05) is 44.3 Å². The van der Waals surface area contributed by atoms with Crippen LogP contribution < -0.4 is 25.7 Å². The van der Waals surface area contributed by atoms with Gasteiger partial charge in [-0.2, -0.15) is 0 Å². The summed E-state index contributed by atoms with van der Waals surface area (Å²) in [5.74, 6) is -4.79. The highest BCUT2D eigenvalue weighted by Gasteiger charge is 2.33. The lowest BCUT2D eigenvalue weighted by Crippen LogP contribution is -2.34. The number of hydrogen-bond acceptors (Lipinski definition) is 14. The Morgan fingerprint density at radius 1 is 0.539 bits per heavy atom. The molecular weight excluding hydrogens is 1640 g/mol. The van der Waals surface area contributed by atoms with Gasteiger partial charge in [0, 0.05) is 184 Å². The molecule has 0 radical (unpaired) electrons. The fraction of sp³-hybridized carbons (Fsp3) is 0.365. The second kappa shape index (κ2) is 38.8. The van der Waals surface area contributed by atoms with Crippen molar-refractivity contribution >= 4 is 115 Å². The zero-order valence-corrected chi connectivity index (χ0v) is 71.9. The minimum Gasteiger partial charge on any atom is -0.318 e. The number of halogens is 6. The number of aryl methyl sites for hydroxylation is 3. The van der Waals surface area contributed by atoms with Crippen molar-refractivity contribution in [1.29, 1.82) is 0 Å². The first-order valence-corrected chi connectivity index (χ1v) is 45.1. The van der Waals surface area contributed by atoms with Gasteiger partial charge in [0.25, 0.3) is 16.7 Å². The number of sulfonamides is 2. The minimum absolute atomic E-state index is 0. The number of rotatable bonds is 24. The van der Waals surface area contributed by atoms with Gasteiger partial charge in [-0.3, -0.25) is 46.4 Å². The quantitative estimate of drug-likeness (QED) is 0.0552. The summed E-state index contributed by atoms with van der Waals surface area (Å²) in [6.45, 7) is 23.0. The highest BCUT2D eigenvalue weighted by molar-refractivity contribution is 7.93. The Morgan fingerprint density at radius 2 is 0.965 bits per heavy atom. The predicted molar refractivity (Wildman–Crippen MR) is 466 cm³/mol. The summed E-state index contributed by atoms with van der Waals surface area (Å²) in [5, 5.41) is 1.41. The van der Waals surface area contributed by atoms with Gasteiger partial charge in [-0.1, -0.05) is 89.5 Å². The molecular formula is C85H100Cl3F3N6O13S5. The van der Waals surface area contributed by atoms with Crippen LogP contribution >= 0.6 is 34.8 Å². The number of nitrogens with zero attached hydrogens (tertiary/aromatic N) is 5. The molecule has 1 N–H and O–H groups in total. The maximum atomic E-state index is 15.9. The van der Waals surface area contributed by atoms with Crippen LogP contribution in [0.5, 0.6) is 0 Å². The van der Waals surface area contributed by atoms with Gasteiger partial charge in [0.05, 0.1) is 40.4 Å². The molecule has 1 aliphatic rings. The third kappa shape index (κ3) is 23.1. The predicted octanol–water partition coefficient (Wildman–Crippen LogP) is 17.7. The van der Waals surface area contributed by atoms with Crippen molar-refractivity contribution in [3.63, 3.8) is 0 Å². The Labute approximate surface area is 693 Å². The van der Waals surface area contributed by atoms with Gasteiger partial charge in [0.2, 0.25) is 20.0 Å². The summed E-state index contributed by atoms with van der Waals surface area (Å²) in [4.78, 5) is 70.2. The molecule has 0 saturated carbocycles. The molecule has 115 heavy (non-hydrogen) atoms. The number of sulfone groups is 1. The maximum Gasteiger partial charge on any atom is 0.250 e. The van der Waals surface area contributed by atoms with Crippen LogP contribution in [0.25, 0.3) is 33.4 Å². The first-order chi connectivity index (χ1) is 52.6. The number of hydrogen-bond donors (Lipinski definition) is 1. The monoisotopic (exact) mass is 1730 g/mol. The molecule has 4 heterocycles. The highest BCUT2D eigenvalue weighted by atomic mass is 35.5.